The van der Waals surface area contributed by atoms with Crippen molar-refractivity contribution in [3.8, 4) is 0 Å². The number of hydrogen-bond acceptors (Lipinski definition) is 4. The Balaban J connectivity index is 2.72. The predicted molar refractivity (Wildman–Crippen MR) is 63.5 cm³/mol. The third-order valence-corrected chi connectivity index (χ3v) is 2.54. The Hall–Kier alpha value is -1.82. The maximum absolute atomic E-state index is 12.2. The van der Waals surface area contributed by atoms with Crippen molar-refractivity contribution < 1.29 is 23.8 Å². The molecule has 1 aromatic heterocycles. The fourth-order valence-corrected chi connectivity index (χ4v) is 1.52. The fourth-order valence-electron chi connectivity index (χ4n) is 1.52. The van der Waals surface area contributed by atoms with Gasteiger partial charge >= 0.3 is 5.97 Å². The first kappa shape index (κ1) is 14.2. The summed E-state index contributed by atoms with van der Waals surface area (Å²) in [6.45, 7) is 2.57. The molecule has 0 unspecified atom stereocenters. The first-order valence-corrected chi connectivity index (χ1v) is 5.60. The van der Waals surface area contributed by atoms with Gasteiger partial charge in [-0.2, -0.15) is 0 Å². The molecule has 0 aliphatic rings. The van der Waals surface area contributed by atoms with Crippen molar-refractivity contribution in [3.05, 3.63) is 23.7 Å². The van der Waals surface area contributed by atoms with Gasteiger partial charge in [0.1, 0.15) is 5.76 Å². The van der Waals surface area contributed by atoms with E-state index in [1.807, 2.05) is 0 Å². The standard InChI is InChI=1S/C12H17NO5/c1-9-10(4-7-18-9)12(16)13(6-8-17-2)5-3-11(14)15/h4,7H,3,5-6,8H2,1-2H3,(H,14,15). The number of aryl methyl sites for hydroxylation is 1. The molecule has 6 heteroatoms. The zero-order chi connectivity index (χ0) is 13.5. The Kier molecular flexibility index (Phi) is 5.38. The molecule has 100 valence electrons. The van der Waals surface area contributed by atoms with Gasteiger partial charge < -0.3 is 19.2 Å². The summed E-state index contributed by atoms with van der Waals surface area (Å²) in [4.78, 5) is 24.2. The Morgan fingerprint density at radius 3 is 2.67 bits per heavy atom. The molecular weight excluding hydrogens is 238 g/mol. The van der Waals surface area contributed by atoms with Gasteiger partial charge in [-0.1, -0.05) is 0 Å². The molecule has 1 aromatic rings. The van der Waals surface area contributed by atoms with Crippen molar-refractivity contribution in [2.24, 2.45) is 0 Å². The minimum atomic E-state index is -0.936. The summed E-state index contributed by atoms with van der Waals surface area (Å²) in [6, 6.07) is 1.58. The summed E-state index contributed by atoms with van der Waals surface area (Å²) in [5, 5.41) is 8.67. The van der Waals surface area contributed by atoms with Crippen LogP contribution in [0.1, 0.15) is 22.5 Å². The predicted octanol–water partition coefficient (Wildman–Crippen LogP) is 1.15. The van der Waals surface area contributed by atoms with Gasteiger partial charge in [-0.3, -0.25) is 9.59 Å². The lowest BCUT2D eigenvalue weighted by Crippen LogP contribution is -2.35. The van der Waals surface area contributed by atoms with Crippen LogP contribution >= 0.6 is 0 Å². The van der Waals surface area contributed by atoms with Crippen molar-refractivity contribution >= 4 is 11.9 Å². The second kappa shape index (κ2) is 6.80. The highest BCUT2D eigenvalue weighted by Gasteiger charge is 2.19. The van der Waals surface area contributed by atoms with E-state index in [2.05, 4.69) is 0 Å². The number of carbonyl (C=O) groups is 2. The maximum Gasteiger partial charge on any atom is 0.305 e. The van der Waals surface area contributed by atoms with E-state index in [-0.39, 0.29) is 18.9 Å². The molecule has 0 aliphatic carbocycles. The minimum absolute atomic E-state index is 0.0909. The second-order valence-corrected chi connectivity index (χ2v) is 3.82. The van der Waals surface area contributed by atoms with Crippen LogP contribution in [-0.4, -0.2) is 48.7 Å². The van der Waals surface area contributed by atoms with E-state index in [4.69, 9.17) is 14.3 Å². The van der Waals surface area contributed by atoms with Crippen LogP contribution in [-0.2, 0) is 9.53 Å². The molecule has 0 atom stereocenters. The molecule has 6 nitrogen and oxygen atoms in total. The normalized spacial score (nSPS) is 10.3. The third kappa shape index (κ3) is 3.89. The van der Waals surface area contributed by atoms with Gasteiger partial charge in [0.15, 0.2) is 0 Å². The fraction of sp³-hybridized carbons (Fsp3) is 0.500. The number of carbonyl (C=O) groups excluding carboxylic acids is 1. The highest BCUT2D eigenvalue weighted by atomic mass is 16.5. The van der Waals surface area contributed by atoms with Crippen molar-refractivity contribution in [1.82, 2.24) is 4.90 Å². The van der Waals surface area contributed by atoms with Crippen LogP contribution in [0.5, 0.6) is 0 Å². The van der Waals surface area contributed by atoms with E-state index in [0.717, 1.165) is 0 Å². The first-order chi connectivity index (χ1) is 8.56. The summed E-state index contributed by atoms with van der Waals surface area (Å²) >= 11 is 0. The lowest BCUT2D eigenvalue weighted by Gasteiger charge is -2.21. The lowest BCUT2D eigenvalue weighted by atomic mass is 10.2. The Morgan fingerprint density at radius 2 is 2.17 bits per heavy atom. The second-order valence-electron chi connectivity index (χ2n) is 3.82. The van der Waals surface area contributed by atoms with Gasteiger partial charge in [0.25, 0.3) is 5.91 Å². The highest BCUT2D eigenvalue weighted by molar-refractivity contribution is 5.95. The molecule has 0 aromatic carbocycles. The van der Waals surface area contributed by atoms with Crippen LogP contribution in [0.3, 0.4) is 0 Å². The van der Waals surface area contributed by atoms with E-state index in [1.54, 1.807) is 13.0 Å². The van der Waals surface area contributed by atoms with Crippen LogP contribution in [0, 0.1) is 6.92 Å². The van der Waals surface area contributed by atoms with Crippen molar-refractivity contribution in [1.29, 1.82) is 0 Å². The number of rotatable bonds is 7. The molecule has 0 fully saturated rings. The molecule has 18 heavy (non-hydrogen) atoms. The van der Waals surface area contributed by atoms with E-state index in [9.17, 15) is 9.59 Å². The Labute approximate surface area is 105 Å². The average Bonchev–Trinajstić information content (AvgIpc) is 2.74. The number of carboxylic acids is 1. The molecule has 1 N–H and O–H groups in total. The maximum atomic E-state index is 12.2. The van der Waals surface area contributed by atoms with E-state index >= 15 is 0 Å². The first-order valence-electron chi connectivity index (χ1n) is 5.60. The number of carboxylic acid groups (broad SMARTS) is 1. The van der Waals surface area contributed by atoms with Gasteiger partial charge in [0.05, 0.1) is 24.9 Å². The molecule has 0 aliphatic heterocycles. The lowest BCUT2D eigenvalue weighted by molar-refractivity contribution is -0.137. The van der Waals surface area contributed by atoms with Crippen LogP contribution in [0.15, 0.2) is 16.7 Å². The largest absolute Gasteiger partial charge is 0.481 e. The zero-order valence-corrected chi connectivity index (χ0v) is 10.5. The summed E-state index contributed by atoms with van der Waals surface area (Å²) in [7, 11) is 1.53. The smallest absolute Gasteiger partial charge is 0.305 e. The third-order valence-electron chi connectivity index (χ3n) is 2.54. The molecule has 1 heterocycles. The summed E-state index contributed by atoms with van der Waals surface area (Å²) in [5.41, 5.74) is 0.455. The van der Waals surface area contributed by atoms with Crippen LogP contribution in [0.4, 0.5) is 0 Å². The summed E-state index contributed by atoms with van der Waals surface area (Å²) in [6.07, 6.45) is 1.35. The molecule has 0 bridgehead atoms. The number of aliphatic carboxylic acids is 1. The molecule has 1 amide bonds. The van der Waals surface area contributed by atoms with E-state index < -0.39 is 5.97 Å². The number of furan rings is 1. The van der Waals surface area contributed by atoms with Crippen LogP contribution in [0.2, 0.25) is 0 Å². The van der Waals surface area contributed by atoms with E-state index in [1.165, 1.54) is 18.3 Å². The van der Waals surface area contributed by atoms with E-state index in [0.29, 0.717) is 24.5 Å². The van der Waals surface area contributed by atoms with Gasteiger partial charge in [-0.25, -0.2) is 0 Å². The Morgan fingerprint density at radius 1 is 1.44 bits per heavy atom. The SMILES string of the molecule is COCCN(CCC(=O)O)C(=O)c1ccoc1C. The van der Waals surface area contributed by atoms with Crippen molar-refractivity contribution in [2.75, 3.05) is 26.8 Å². The molecule has 1 rings (SSSR count). The molecule has 0 spiro atoms. The number of ether oxygens (including phenoxy) is 1. The van der Waals surface area contributed by atoms with Crippen molar-refractivity contribution in [2.45, 2.75) is 13.3 Å². The summed E-state index contributed by atoms with van der Waals surface area (Å²) < 4.78 is 9.98. The van der Waals surface area contributed by atoms with Gasteiger partial charge in [0.2, 0.25) is 0 Å². The number of hydrogen-bond donors (Lipinski definition) is 1. The average molecular weight is 255 g/mol. The minimum Gasteiger partial charge on any atom is -0.481 e. The molecule has 0 saturated heterocycles. The monoisotopic (exact) mass is 255 g/mol. The quantitative estimate of drug-likeness (QED) is 0.790. The molecular formula is C12H17NO5. The topological polar surface area (TPSA) is 80.0 Å². The Bertz CT molecular complexity index is 412. The number of amides is 1. The van der Waals surface area contributed by atoms with Gasteiger partial charge in [-0.15, -0.1) is 0 Å². The summed E-state index contributed by atoms with van der Waals surface area (Å²) in [5.74, 6) is -0.647. The molecule has 0 saturated carbocycles. The number of methoxy groups -OCH3 is 1. The van der Waals surface area contributed by atoms with Crippen LogP contribution < -0.4 is 0 Å². The zero-order valence-electron chi connectivity index (χ0n) is 10.5. The van der Waals surface area contributed by atoms with Gasteiger partial charge in [-0.05, 0) is 13.0 Å². The number of nitrogens with zero attached hydrogens (tertiary/aromatic N) is 1. The van der Waals surface area contributed by atoms with Gasteiger partial charge in [0, 0.05) is 20.2 Å². The molecule has 0 radical (unpaired) electrons. The van der Waals surface area contributed by atoms with Crippen molar-refractivity contribution in [3.63, 3.8) is 0 Å². The highest BCUT2D eigenvalue weighted by Crippen LogP contribution is 2.12. The van der Waals surface area contributed by atoms with Crippen LogP contribution in [0.25, 0.3) is 0 Å².